The van der Waals surface area contributed by atoms with Crippen LogP contribution in [0, 0.1) is 11.6 Å². The number of nitrogens with one attached hydrogen (secondary N) is 2. The Labute approximate surface area is 161 Å². The summed E-state index contributed by atoms with van der Waals surface area (Å²) in [4.78, 5) is 17.2. The second kappa shape index (κ2) is 9.85. The molecule has 8 heteroatoms. The second-order valence-corrected chi connectivity index (χ2v) is 6.97. The van der Waals surface area contributed by atoms with Gasteiger partial charge in [0.15, 0.2) is 11.6 Å². The topological polar surface area (TPSA) is 54.0 Å². The van der Waals surface area contributed by atoms with Crippen molar-refractivity contribution in [2.45, 2.75) is 23.3 Å². The van der Waals surface area contributed by atoms with Crippen molar-refractivity contribution in [1.82, 2.24) is 15.6 Å². The minimum Gasteiger partial charge on any atom is -0.351 e. The molecule has 140 valence electrons. The summed E-state index contributed by atoms with van der Waals surface area (Å²) in [5.74, 6) is -1.53. The zero-order valence-electron chi connectivity index (χ0n) is 14.0. The van der Waals surface area contributed by atoms with E-state index in [0.29, 0.717) is 17.9 Å². The molecule has 1 saturated heterocycles. The van der Waals surface area contributed by atoms with E-state index in [1.54, 1.807) is 18.5 Å². The van der Waals surface area contributed by atoms with Crippen LogP contribution in [-0.2, 0) is 4.79 Å². The van der Waals surface area contributed by atoms with E-state index in [0.717, 1.165) is 23.9 Å². The first kappa shape index (κ1) is 20.6. The first-order valence-corrected chi connectivity index (χ1v) is 9.10. The van der Waals surface area contributed by atoms with Gasteiger partial charge in [0.1, 0.15) is 0 Å². The summed E-state index contributed by atoms with van der Waals surface area (Å²) in [6.07, 6.45) is 4.13. The maximum atomic E-state index is 13.5. The molecule has 1 aliphatic heterocycles. The molecular formula is C18H20ClF2N3OS. The monoisotopic (exact) mass is 399 g/mol. The van der Waals surface area contributed by atoms with Crippen molar-refractivity contribution in [3.05, 3.63) is 59.9 Å². The number of thioether (sulfide) groups is 1. The van der Waals surface area contributed by atoms with Crippen molar-refractivity contribution in [3.63, 3.8) is 0 Å². The van der Waals surface area contributed by atoms with Gasteiger partial charge in [-0.25, -0.2) is 8.78 Å². The first-order chi connectivity index (χ1) is 12.1. The lowest BCUT2D eigenvalue weighted by molar-refractivity contribution is -0.119. The first-order valence-electron chi connectivity index (χ1n) is 8.11. The van der Waals surface area contributed by atoms with Crippen LogP contribution in [0.1, 0.15) is 17.9 Å². The number of pyridine rings is 1. The molecule has 0 bridgehead atoms. The zero-order valence-corrected chi connectivity index (χ0v) is 15.6. The minimum atomic E-state index is -0.855. The standard InChI is InChI=1S/C18H19F2N3OS.ClH/c19-15-2-1-12(9-16(15)20)14-5-8-22-10-17(14)23-18(24)11-25-13-3-6-21-7-4-13;/h1-4,6-7,9,14,17,22H,5,8,10-11H2,(H,23,24);1H. The van der Waals surface area contributed by atoms with E-state index in [2.05, 4.69) is 15.6 Å². The van der Waals surface area contributed by atoms with E-state index in [1.807, 2.05) is 12.1 Å². The van der Waals surface area contributed by atoms with Crippen molar-refractivity contribution in [3.8, 4) is 0 Å². The molecule has 4 nitrogen and oxygen atoms in total. The molecule has 0 spiro atoms. The highest BCUT2D eigenvalue weighted by Crippen LogP contribution is 2.27. The van der Waals surface area contributed by atoms with Gasteiger partial charge in [0.25, 0.3) is 0 Å². The molecule has 1 fully saturated rings. The molecule has 2 heterocycles. The SMILES string of the molecule is Cl.O=C(CSc1ccncc1)NC1CNCCC1c1ccc(F)c(F)c1. The van der Waals surface area contributed by atoms with Gasteiger partial charge in [-0.3, -0.25) is 9.78 Å². The van der Waals surface area contributed by atoms with Crippen LogP contribution in [-0.4, -0.2) is 35.8 Å². The van der Waals surface area contributed by atoms with E-state index < -0.39 is 11.6 Å². The van der Waals surface area contributed by atoms with Gasteiger partial charge in [-0.15, -0.1) is 24.2 Å². The maximum Gasteiger partial charge on any atom is 0.230 e. The van der Waals surface area contributed by atoms with Crippen LogP contribution in [0.5, 0.6) is 0 Å². The minimum absolute atomic E-state index is 0. The molecule has 0 aliphatic carbocycles. The number of benzene rings is 1. The van der Waals surface area contributed by atoms with Crippen molar-refractivity contribution in [2.75, 3.05) is 18.8 Å². The van der Waals surface area contributed by atoms with Gasteiger partial charge in [-0.1, -0.05) is 6.07 Å². The third-order valence-electron chi connectivity index (χ3n) is 4.22. The largest absolute Gasteiger partial charge is 0.351 e. The third kappa shape index (κ3) is 5.40. The summed E-state index contributed by atoms with van der Waals surface area (Å²) in [7, 11) is 0. The predicted molar refractivity (Wildman–Crippen MR) is 101 cm³/mol. The summed E-state index contributed by atoms with van der Waals surface area (Å²) >= 11 is 1.44. The van der Waals surface area contributed by atoms with Crippen LogP contribution in [0.2, 0.25) is 0 Å². The average molecular weight is 400 g/mol. The fraction of sp³-hybridized carbons (Fsp3) is 0.333. The summed E-state index contributed by atoms with van der Waals surface area (Å²) in [6.45, 7) is 1.39. The van der Waals surface area contributed by atoms with Crippen LogP contribution < -0.4 is 10.6 Å². The van der Waals surface area contributed by atoms with Crippen LogP contribution in [0.25, 0.3) is 0 Å². The average Bonchev–Trinajstić information content (AvgIpc) is 2.64. The molecule has 2 atom stereocenters. The quantitative estimate of drug-likeness (QED) is 0.758. The van der Waals surface area contributed by atoms with E-state index in [-0.39, 0.29) is 30.3 Å². The molecule has 3 rings (SSSR count). The van der Waals surface area contributed by atoms with Crippen molar-refractivity contribution in [2.24, 2.45) is 0 Å². The zero-order chi connectivity index (χ0) is 17.6. The Morgan fingerprint density at radius 1 is 1.23 bits per heavy atom. The summed E-state index contributed by atoms with van der Waals surface area (Å²) in [6, 6.07) is 7.53. The Hall–Kier alpha value is -1.70. The summed E-state index contributed by atoms with van der Waals surface area (Å²) in [5, 5.41) is 6.26. The Morgan fingerprint density at radius 3 is 2.73 bits per heavy atom. The molecule has 1 aromatic heterocycles. The Balaban J connectivity index is 0.00000243. The highest BCUT2D eigenvalue weighted by Gasteiger charge is 2.28. The van der Waals surface area contributed by atoms with Gasteiger partial charge < -0.3 is 10.6 Å². The number of piperidine rings is 1. The molecule has 1 aromatic carbocycles. The fourth-order valence-electron chi connectivity index (χ4n) is 2.98. The molecule has 0 radical (unpaired) electrons. The number of amides is 1. The number of rotatable bonds is 5. The lowest BCUT2D eigenvalue weighted by atomic mass is 9.86. The summed E-state index contributed by atoms with van der Waals surface area (Å²) in [5.41, 5.74) is 0.715. The molecule has 2 N–H and O–H groups in total. The lowest BCUT2D eigenvalue weighted by Crippen LogP contribution is -2.50. The highest BCUT2D eigenvalue weighted by molar-refractivity contribution is 8.00. The van der Waals surface area contributed by atoms with Gasteiger partial charge in [0.2, 0.25) is 5.91 Å². The Bertz CT molecular complexity index is 736. The normalized spacial score (nSPS) is 19.5. The number of hydrogen-bond donors (Lipinski definition) is 2. The van der Waals surface area contributed by atoms with Crippen molar-refractivity contribution >= 4 is 30.1 Å². The van der Waals surface area contributed by atoms with E-state index in [4.69, 9.17) is 0 Å². The van der Waals surface area contributed by atoms with Crippen LogP contribution in [0.15, 0.2) is 47.6 Å². The molecule has 1 amide bonds. The number of halogens is 3. The maximum absolute atomic E-state index is 13.5. The molecule has 26 heavy (non-hydrogen) atoms. The van der Waals surface area contributed by atoms with E-state index in [9.17, 15) is 13.6 Å². The smallest absolute Gasteiger partial charge is 0.230 e. The summed E-state index contributed by atoms with van der Waals surface area (Å²) < 4.78 is 26.7. The number of hydrogen-bond acceptors (Lipinski definition) is 4. The molecule has 2 unspecified atom stereocenters. The third-order valence-corrected chi connectivity index (χ3v) is 5.23. The number of nitrogens with zero attached hydrogens (tertiary/aromatic N) is 1. The van der Waals surface area contributed by atoms with Gasteiger partial charge in [-0.2, -0.15) is 0 Å². The predicted octanol–water partition coefficient (Wildman–Crippen LogP) is 3.14. The van der Waals surface area contributed by atoms with Gasteiger partial charge in [-0.05, 0) is 42.8 Å². The Morgan fingerprint density at radius 2 is 2.00 bits per heavy atom. The van der Waals surface area contributed by atoms with Crippen LogP contribution >= 0.6 is 24.2 Å². The molecular weight excluding hydrogens is 380 g/mol. The van der Waals surface area contributed by atoms with Crippen LogP contribution in [0.4, 0.5) is 8.78 Å². The van der Waals surface area contributed by atoms with Crippen LogP contribution in [0.3, 0.4) is 0 Å². The van der Waals surface area contributed by atoms with E-state index in [1.165, 1.54) is 17.8 Å². The van der Waals surface area contributed by atoms with Gasteiger partial charge in [0, 0.05) is 35.8 Å². The van der Waals surface area contributed by atoms with E-state index >= 15 is 0 Å². The van der Waals surface area contributed by atoms with Crippen molar-refractivity contribution in [1.29, 1.82) is 0 Å². The lowest BCUT2D eigenvalue weighted by Gasteiger charge is -2.33. The molecule has 1 aliphatic rings. The number of aromatic nitrogens is 1. The fourth-order valence-corrected chi connectivity index (χ4v) is 3.68. The number of carbonyl (C=O) groups excluding carboxylic acids is 1. The molecule has 2 aromatic rings. The molecule has 0 saturated carbocycles. The highest BCUT2D eigenvalue weighted by atomic mass is 35.5. The van der Waals surface area contributed by atoms with Crippen molar-refractivity contribution < 1.29 is 13.6 Å². The Kier molecular flexibility index (Phi) is 7.81. The number of carbonyl (C=O) groups is 1. The second-order valence-electron chi connectivity index (χ2n) is 5.92. The van der Waals surface area contributed by atoms with Gasteiger partial charge >= 0.3 is 0 Å². The van der Waals surface area contributed by atoms with Gasteiger partial charge in [0.05, 0.1) is 5.75 Å².